The van der Waals surface area contributed by atoms with Crippen LogP contribution in [0, 0.1) is 0 Å². The van der Waals surface area contributed by atoms with Crippen LogP contribution in [0.2, 0.25) is 0 Å². The Morgan fingerprint density at radius 2 is 2.47 bits per heavy atom. The SMILES string of the molecule is c1coc(COCCCNC2CNC2)c1. The Morgan fingerprint density at radius 3 is 3.13 bits per heavy atom. The van der Waals surface area contributed by atoms with Crippen molar-refractivity contribution in [2.75, 3.05) is 26.2 Å². The summed E-state index contributed by atoms with van der Waals surface area (Å²) in [5.41, 5.74) is 0. The first-order valence-electron chi connectivity index (χ1n) is 5.49. The van der Waals surface area contributed by atoms with Crippen LogP contribution in [0.5, 0.6) is 0 Å². The summed E-state index contributed by atoms with van der Waals surface area (Å²) in [5, 5.41) is 6.67. The topological polar surface area (TPSA) is 46.4 Å². The molecule has 2 heterocycles. The summed E-state index contributed by atoms with van der Waals surface area (Å²) >= 11 is 0. The first-order chi connectivity index (χ1) is 7.45. The molecule has 2 rings (SSSR count). The first kappa shape index (κ1) is 10.7. The van der Waals surface area contributed by atoms with Gasteiger partial charge in [0.15, 0.2) is 0 Å². The third kappa shape index (κ3) is 3.66. The molecule has 84 valence electrons. The zero-order chi connectivity index (χ0) is 10.3. The minimum atomic E-state index is 0.581. The Labute approximate surface area is 90.0 Å². The monoisotopic (exact) mass is 210 g/mol. The smallest absolute Gasteiger partial charge is 0.129 e. The highest BCUT2D eigenvalue weighted by molar-refractivity contribution is 4.95. The van der Waals surface area contributed by atoms with Crippen molar-refractivity contribution in [3.63, 3.8) is 0 Å². The predicted octanol–water partition coefficient (Wildman–Crippen LogP) is 0.748. The van der Waals surface area contributed by atoms with Gasteiger partial charge in [-0.15, -0.1) is 0 Å². The van der Waals surface area contributed by atoms with Gasteiger partial charge in [0.25, 0.3) is 0 Å². The standard InChI is InChI=1S/C11H18N2O2/c1-3-11(15-6-1)9-14-5-2-4-13-10-7-12-8-10/h1,3,6,10,12-13H,2,4-5,7-9H2. The Balaban J connectivity index is 1.41. The number of furan rings is 1. The van der Waals surface area contributed by atoms with E-state index in [2.05, 4.69) is 10.6 Å². The molecule has 1 aromatic rings. The van der Waals surface area contributed by atoms with Crippen LogP contribution in [-0.4, -0.2) is 32.3 Å². The molecule has 0 amide bonds. The zero-order valence-electron chi connectivity index (χ0n) is 8.87. The molecule has 1 aromatic heterocycles. The molecule has 1 aliphatic rings. The number of hydrogen-bond acceptors (Lipinski definition) is 4. The molecule has 1 saturated heterocycles. The van der Waals surface area contributed by atoms with Gasteiger partial charge in [-0.25, -0.2) is 0 Å². The minimum absolute atomic E-state index is 0.581. The molecule has 4 heteroatoms. The van der Waals surface area contributed by atoms with Gasteiger partial charge in [0.1, 0.15) is 12.4 Å². The van der Waals surface area contributed by atoms with Gasteiger partial charge in [-0.2, -0.15) is 0 Å². The molecule has 0 aromatic carbocycles. The average molecular weight is 210 g/mol. The number of ether oxygens (including phenoxy) is 1. The van der Waals surface area contributed by atoms with Gasteiger partial charge < -0.3 is 19.8 Å². The van der Waals surface area contributed by atoms with Gasteiger partial charge in [0, 0.05) is 25.7 Å². The van der Waals surface area contributed by atoms with Gasteiger partial charge >= 0.3 is 0 Å². The van der Waals surface area contributed by atoms with Crippen LogP contribution >= 0.6 is 0 Å². The maximum absolute atomic E-state index is 5.46. The minimum Gasteiger partial charge on any atom is -0.467 e. The molecule has 0 atom stereocenters. The van der Waals surface area contributed by atoms with Crippen LogP contribution < -0.4 is 10.6 Å². The lowest BCUT2D eigenvalue weighted by Crippen LogP contribution is -2.55. The maximum Gasteiger partial charge on any atom is 0.129 e. The van der Waals surface area contributed by atoms with Crippen LogP contribution in [0.3, 0.4) is 0 Å². The fraction of sp³-hybridized carbons (Fsp3) is 0.636. The second kappa shape index (κ2) is 5.90. The van der Waals surface area contributed by atoms with E-state index < -0.39 is 0 Å². The molecule has 0 aliphatic carbocycles. The predicted molar refractivity (Wildman–Crippen MR) is 57.6 cm³/mol. The van der Waals surface area contributed by atoms with Crippen LogP contribution in [-0.2, 0) is 11.3 Å². The number of rotatable bonds is 7. The molecule has 0 saturated carbocycles. The lowest BCUT2D eigenvalue weighted by Gasteiger charge is -2.28. The van der Waals surface area contributed by atoms with Crippen molar-refractivity contribution >= 4 is 0 Å². The van der Waals surface area contributed by atoms with Crippen molar-refractivity contribution in [2.24, 2.45) is 0 Å². The summed E-state index contributed by atoms with van der Waals surface area (Å²) in [6, 6.07) is 4.48. The summed E-state index contributed by atoms with van der Waals surface area (Å²) in [7, 11) is 0. The van der Waals surface area contributed by atoms with Crippen LogP contribution in [0.15, 0.2) is 22.8 Å². The fourth-order valence-corrected chi connectivity index (χ4v) is 1.48. The van der Waals surface area contributed by atoms with E-state index in [-0.39, 0.29) is 0 Å². The van der Waals surface area contributed by atoms with E-state index in [9.17, 15) is 0 Å². The molecule has 2 N–H and O–H groups in total. The highest BCUT2D eigenvalue weighted by Crippen LogP contribution is 2.01. The highest BCUT2D eigenvalue weighted by Gasteiger charge is 2.14. The third-order valence-electron chi connectivity index (χ3n) is 2.50. The van der Waals surface area contributed by atoms with Gasteiger partial charge in [-0.05, 0) is 25.1 Å². The van der Waals surface area contributed by atoms with Crippen molar-refractivity contribution in [3.05, 3.63) is 24.2 Å². The molecule has 0 bridgehead atoms. The van der Waals surface area contributed by atoms with E-state index in [1.165, 1.54) is 0 Å². The van der Waals surface area contributed by atoms with E-state index in [1.54, 1.807) is 6.26 Å². The largest absolute Gasteiger partial charge is 0.467 e. The molecule has 15 heavy (non-hydrogen) atoms. The summed E-state index contributed by atoms with van der Waals surface area (Å²) in [6.45, 7) is 4.61. The van der Waals surface area contributed by atoms with Gasteiger partial charge in [-0.1, -0.05) is 0 Å². The lowest BCUT2D eigenvalue weighted by atomic mass is 10.2. The zero-order valence-corrected chi connectivity index (χ0v) is 8.87. The van der Waals surface area contributed by atoms with Gasteiger partial charge in [0.05, 0.1) is 6.26 Å². The van der Waals surface area contributed by atoms with E-state index in [4.69, 9.17) is 9.15 Å². The highest BCUT2D eigenvalue weighted by atomic mass is 16.5. The fourth-order valence-electron chi connectivity index (χ4n) is 1.48. The van der Waals surface area contributed by atoms with E-state index in [0.717, 1.165) is 38.4 Å². The summed E-state index contributed by atoms with van der Waals surface area (Å²) in [4.78, 5) is 0. The van der Waals surface area contributed by atoms with E-state index in [1.807, 2.05) is 12.1 Å². The molecular formula is C11H18N2O2. The Kier molecular flexibility index (Phi) is 4.20. The van der Waals surface area contributed by atoms with Crippen molar-refractivity contribution in [1.82, 2.24) is 10.6 Å². The second-order valence-corrected chi connectivity index (χ2v) is 3.79. The van der Waals surface area contributed by atoms with Crippen LogP contribution in [0.4, 0.5) is 0 Å². The molecule has 1 aliphatic heterocycles. The Morgan fingerprint density at radius 1 is 1.53 bits per heavy atom. The van der Waals surface area contributed by atoms with E-state index in [0.29, 0.717) is 12.6 Å². The Hall–Kier alpha value is -0.840. The van der Waals surface area contributed by atoms with Crippen molar-refractivity contribution in [1.29, 1.82) is 0 Å². The van der Waals surface area contributed by atoms with Gasteiger partial charge in [0.2, 0.25) is 0 Å². The normalized spacial score (nSPS) is 16.5. The third-order valence-corrected chi connectivity index (χ3v) is 2.50. The molecule has 4 nitrogen and oxygen atoms in total. The second-order valence-electron chi connectivity index (χ2n) is 3.79. The van der Waals surface area contributed by atoms with Crippen LogP contribution in [0.1, 0.15) is 12.2 Å². The molecular weight excluding hydrogens is 192 g/mol. The quantitative estimate of drug-likeness (QED) is 0.652. The van der Waals surface area contributed by atoms with Crippen molar-refractivity contribution < 1.29 is 9.15 Å². The van der Waals surface area contributed by atoms with Crippen LogP contribution in [0.25, 0.3) is 0 Å². The summed E-state index contributed by atoms with van der Waals surface area (Å²) in [6.07, 6.45) is 2.72. The van der Waals surface area contributed by atoms with Gasteiger partial charge in [-0.3, -0.25) is 0 Å². The molecule has 0 radical (unpaired) electrons. The number of nitrogens with one attached hydrogen (secondary N) is 2. The lowest BCUT2D eigenvalue weighted by molar-refractivity contribution is 0.103. The maximum atomic E-state index is 5.46. The summed E-state index contributed by atoms with van der Waals surface area (Å²) in [5.74, 6) is 0.895. The summed E-state index contributed by atoms with van der Waals surface area (Å²) < 4.78 is 10.6. The van der Waals surface area contributed by atoms with Crippen molar-refractivity contribution in [3.8, 4) is 0 Å². The molecule has 0 unspecified atom stereocenters. The number of hydrogen-bond donors (Lipinski definition) is 2. The molecule has 0 spiro atoms. The molecule has 1 fully saturated rings. The van der Waals surface area contributed by atoms with E-state index >= 15 is 0 Å². The van der Waals surface area contributed by atoms with Crippen molar-refractivity contribution in [2.45, 2.75) is 19.1 Å². The first-order valence-corrected chi connectivity index (χ1v) is 5.49. The average Bonchev–Trinajstić information content (AvgIpc) is 2.66. The Bertz CT molecular complexity index is 258.